The number of halogens is 2. The number of likely N-dealkylation sites (N-methyl/N-ethyl adjacent to an activating group) is 1. The quantitative estimate of drug-likeness (QED) is 0.843. The summed E-state index contributed by atoms with van der Waals surface area (Å²) >= 11 is 12.3. The predicted molar refractivity (Wildman–Crippen MR) is 78.6 cm³/mol. The van der Waals surface area contributed by atoms with Gasteiger partial charge in [-0.05, 0) is 26.0 Å². The summed E-state index contributed by atoms with van der Waals surface area (Å²) in [6.45, 7) is 3.26. The van der Waals surface area contributed by atoms with Crippen LogP contribution in [0.15, 0.2) is 18.2 Å². The van der Waals surface area contributed by atoms with Crippen molar-refractivity contribution < 1.29 is 22.4 Å². The zero-order valence-corrected chi connectivity index (χ0v) is 13.9. The van der Waals surface area contributed by atoms with Gasteiger partial charge in [-0.15, -0.1) is 0 Å². The summed E-state index contributed by atoms with van der Waals surface area (Å²) in [5, 5.41) is 0.644. The Hall–Kier alpha value is -0.410. The summed E-state index contributed by atoms with van der Waals surface area (Å²) in [6, 6.07) is 4.89. The number of nitrogens with zero attached hydrogens (tertiary/aromatic N) is 1. The highest BCUT2D eigenvalue weighted by atomic mass is 35.5. The van der Waals surface area contributed by atoms with Gasteiger partial charge in [0.1, 0.15) is 6.10 Å². The van der Waals surface area contributed by atoms with Gasteiger partial charge >= 0.3 is 10.3 Å². The second-order valence-electron chi connectivity index (χ2n) is 5.08. The fourth-order valence-corrected chi connectivity index (χ4v) is 3.15. The normalized spacial score (nSPS) is 25.5. The number of hydrogen-bond donors (Lipinski definition) is 1. The summed E-state index contributed by atoms with van der Waals surface area (Å²) in [6.07, 6.45) is -1.96. The van der Waals surface area contributed by atoms with Crippen molar-refractivity contribution in [3.63, 3.8) is 0 Å². The number of benzene rings is 1. The maximum Gasteiger partial charge on any atom is 0.337 e. The molecule has 2 rings (SSSR count). The molecule has 1 heterocycles. The molecule has 0 saturated carbocycles. The van der Waals surface area contributed by atoms with Gasteiger partial charge in [0.2, 0.25) is 0 Å². The van der Waals surface area contributed by atoms with Crippen molar-refractivity contribution in [3.05, 3.63) is 33.8 Å². The number of ether oxygens (including phenoxy) is 2. The molecule has 21 heavy (non-hydrogen) atoms. The van der Waals surface area contributed by atoms with Gasteiger partial charge in [-0.3, -0.25) is 4.55 Å². The van der Waals surface area contributed by atoms with Crippen LogP contribution in [0.2, 0.25) is 10.0 Å². The molecule has 1 fully saturated rings. The molecule has 1 N–H and O–H groups in total. The van der Waals surface area contributed by atoms with E-state index in [2.05, 4.69) is 0 Å². The minimum atomic E-state index is -4.46. The molecule has 0 radical (unpaired) electrons. The minimum absolute atomic E-state index is 0.322. The molecule has 2 atom stereocenters. The van der Waals surface area contributed by atoms with Gasteiger partial charge in [-0.1, -0.05) is 29.3 Å². The number of hydrogen-bond acceptors (Lipinski definition) is 4. The van der Waals surface area contributed by atoms with Crippen molar-refractivity contribution >= 4 is 33.5 Å². The molecule has 1 aliphatic rings. The van der Waals surface area contributed by atoms with E-state index in [0.29, 0.717) is 19.9 Å². The molecular weight excluding hydrogens is 341 g/mol. The third kappa shape index (κ3) is 3.50. The van der Waals surface area contributed by atoms with Crippen LogP contribution in [0, 0.1) is 0 Å². The molecule has 1 aliphatic heterocycles. The van der Waals surface area contributed by atoms with Crippen LogP contribution in [0.4, 0.5) is 0 Å². The lowest BCUT2D eigenvalue weighted by Gasteiger charge is -2.25. The Balaban J connectivity index is 2.49. The van der Waals surface area contributed by atoms with Crippen molar-refractivity contribution in [2.24, 2.45) is 0 Å². The molecule has 0 spiro atoms. The summed E-state index contributed by atoms with van der Waals surface area (Å²) in [5.41, 5.74) is 0.409. The Bertz CT molecular complexity index is 629. The van der Waals surface area contributed by atoms with Crippen molar-refractivity contribution in [1.82, 2.24) is 4.31 Å². The molecule has 1 saturated heterocycles. The summed E-state index contributed by atoms with van der Waals surface area (Å²) in [4.78, 5) is 0. The first-order valence-electron chi connectivity index (χ1n) is 6.03. The van der Waals surface area contributed by atoms with Crippen LogP contribution in [-0.2, 0) is 19.8 Å². The van der Waals surface area contributed by atoms with E-state index in [-0.39, 0.29) is 0 Å². The third-order valence-electron chi connectivity index (χ3n) is 3.08. The molecular formula is C12H15Cl2NO5S. The summed E-state index contributed by atoms with van der Waals surface area (Å²) in [7, 11) is -3.28. The Morgan fingerprint density at radius 1 is 1.24 bits per heavy atom. The van der Waals surface area contributed by atoms with Crippen LogP contribution in [0.5, 0.6) is 0 Å². The lowest BCUT2D eigenvalue weighted by Crippen LogP contribution is -2.40. The van der Waals surface area contributed by atoms with E-state index < -0.39 is 28.4 Å². The maximum atomic E-state index is 11.4. The van der Waals surface area contributed by atoms with E-state index in [1.807, 2.05) is 0 Å². The van der Waals surface area contributed by atoms with Crippen LogP contribution >= 0.6 is 23.2 Å². The SMILES string of the molecule is CN(C1OC(C)(C)OC1c1c(Cl)cccc1Cl)S(=O)(=O)O. The molecule has 2 unspecified atom stereocenters. The van der Waals surface area contributed by atoms with Gasteiger partial charge in [-0.25, -0.2) is 0 Å². The summed E-state index contributed by atoms with van der Waals surface area (Å²) in [5.74, 6) is -1.06. The molecule has 6 nitrogen and oxygen atoms in total. The number of rotatable bonds is 3. The highest BCUT2D eigenvalue weighted by Crippen LogP contribution is 2.44. The predicted octanol–water partition coefficient (Wildman–Crippen LogP) is 2.88. The van der Waals surface area contributed by atoms with Gasteiger partial charge in [-0.2, -0.15) is 12.7 Å². The molecule has 9 heteroatoms. The first-order chi connectivity index (χ1) is 9.53. The monoisotopic (exact) mass is 355 g/mol. The highest BCUT2D eigenvalue weighted by Gasteiger charge is 2.48. The van der Waals surface area contributed by atoms with Gasteiger partial charge in [0.25, 0.3) is 0 Å². The lowest BCUT2D eigenvalue weighted by atomic mass is 10.1. The average molecular weight is 356 g/mol. The van der Waals surface area contributed by atoms with Gasteiger partial charge in [0.15, 0.2) is 12.0 Å². The maximum absolute atomic E-state index is 11.4. The van der Waals surface area contributed by atoms with E-state index in [1.165, 1.54) is 7.05 Å². The van der Waals surface area contributed by atoms with Crippen LogP contribution in [-0.4, -0.2) is 36.3 Å². The fourth-order valence-electron chi connectivity index (χ4n) is 2.12. The molecule has 0 aromatic heterocycles. The third-order valence-corrected chi connectivity index (χ3v) is 4.68. The lowest BCUT2D eigenvalue weighted by molar-refractivity contribution is -0.154. The van der Waals surface area contributed by atoms with Crippen LogP contribution in [0.25, 0.3) is 0 Å². The second-order valence-corrected chi connectivity index (χ2v) is 7.36. The van der Waals surface area contributed by atoms with Crippen molar-refractivity contribution in [2.75, 3.05) is 7.05 Å². The topological polar surface area (TPSA) is 76.1 Å². The Morgan fingerprint density at radius 3 is 2.24 bits per heavy atom. The molecule has 0 aliphatic carbocycles. The van der Waals surface area contributed by atoms with E-state index in [1.54, 1.807) is 32.0 Å². The van der Waals surface area contributed by atoms with E-state index >= 15 is 0 Å². The Morgan fingerprint density at radius 2 is 1.76 bits per heavy atom. The van der Waals surface area contributed by atoms with Gasteiger partial charge < -0.3 is 9.47 Å². The Kier molecular flexibility index (Phi) is 4.57. The largest absolute Gasteiger partial charge is 0.338 e. The average Bonchev–Trinajstić information content (AvgIpc) is 2.62. The minimum Gasteiger partial charge on any atom is -0.338 e. The van der Waals surface area contributed by atoms with Crippen LogP contribution in [0.1, 0.15) is 25.5 Å². The zero-order valence-electron chi connectivity index (χ0n) is 11.6. The molecule has 1 aromatic rings. The summed E-state index contributed by atoms with van der Waals surface area (Å²) < 4.78 is 43.9. The first-order valence-corrected chi connectivity index (χ1v) is 8.18. The van der Waals surface area contributed by atoms with Gasteiger partial charge in [0, 0.05) is 22.7 Å². The standard InChI is InChI=1S/C12H15Cl2NO5S/c1-12(2)19-10(9-7(13)5-4-6-8(9)14)11(20-12)15(3)21(16,17)18/h4-6,10-11H,1-3H3,(H,16,17,18). The van der Waals surface area contributed by atoms with E-state index in [4.69, 9.17) is 32.7 Å². The van der Waals surface area contributed by atoms with E-state index in [9.17, 15) is 13.0 Å². The van der Waals surface area contributed by atoms with Crippen LogP contribution in [0.3, 0.4) is 0 Å². The molecule has 118 valence electrons. The van der Waals surface area contributed by atoms with Crippen molar-refractivity contribution in [1.29, 1.82) is 0 Å². The Labute approximate surface area is 133 Å². The second kappa shape index (κ2) is 5.66. The smallest absolute Gasteiger partial charge is 0.337 e. The van der Waals surface area contributed by atoms with Crippen LogP contribution < -0.4 is 0 Å². The van der Waals surface area contributed by atoms with Crippen molar-refractivity contribution in [2.45, 2.75) is 32.0 Å². The fraction of sp³-hybridized carbons (Fsp3) is 0.500. The zero-order chi connectivity index (χ0) is 16.0. The van der Waals surface area contributed by atoms with E-state index in [0.717, 1.165) is 0 Å². The van der Waals surface area contributed by atoms with Gasteiger partial charge in [0.05, 0.1) is 0 Å². The molecule has 0 amide bonds. The highest BCUT2D eigenvalue weighted by molar-refractivity contribution is 7.83. The first kappa shape index (κ1) is 17.0. The van der Waals surface area contributed by atoms with Crippen molar-refractivity contribution in [3.8, 4) is 0 Å². The molecule has 0 bridgehead atoms. The molecule has 1 aromatic carbocycles.